The molecular weight excluding hydrogens is 517 g/mol. The molecule has 0 bridgehead atoms. The van der Waals surface area contributed by atoms with Gasteiger partial charge < -0.3 is 25.2 Å². The van der Waals surface area contributed by atoms with E-state index in [1.54, 1.807) is 0 Å². The zero-order valence-electron chi connectivity index (χ0n) is 23.3. The first-order valence-corrected chi connectivity index (χ1v) is 18.7. The van der Waals surface area contributed by atoms with Crippen molar-refractivity contribution in [3.63, 3.8) is 0 Å². The predicted molar refractivity (Wildman–Crippen MR) is 149 cm³/mol. The minimum atomic E-state index is -2.29. The lowest BCUT2D eigenvalue weighted by atomic mass is 10.0. The number of fused-ring (bicyclic) bond motifs is 1. The minimum absolute atomic E-state index is 0.0112. The first kappa shape index (κ1) is 29.3. The third-order valence-electron chi connectivity index (χ3n) is 8.94. The summed E-state index contributed by atoms with van der Waals surface area (Å²) in [6, 6.07) is -0.597. The zero-order valence-corrected chi connectivity index (χ0v) is 26.0. The number of anilines is 3. The Morgan fingerprint density at radius 2 is 1.72 bits per heavy atom. The van der Waals surface area contributed by atoms with Gasteiger partial charge in [0.15, 0.2) is 27.6 Å². The van der Waals surface area contributed by atoms with Gasteiger partial charge in [0.05, 0.1) is 12.1 Å². The fourth-order valence-electron chi connectivity index (χ4n) is 4.42. The quantitative estimate of drug-likeness (QED) is 0.198. The largest absolute Gasteiger partial charge is 0.416 e. The van der Waals surface area contributed by atoms with Crippen LogP contribution in [0.5, 0.6) is 0 Å². The summed E-state index contributed by atoms with van der Waals surface area (Å²) < 4.78 is 29.8. The van der Waals surface area contributed by atoms with Gasteiger partial charge in [-0.1, -0.05) is 53.1 Å². The summed E-state index contributed by atoms with van der Waals surface area (Å²) in [4.78, 5) is 19.3. The molecule has 0 aromatic carbocycles. The molecule has 1 amide bonds. The molecule has 3 rings (SSSR count). The number of nitrogen functional groups attached to an aromatic ring is 1. The second-order valence-corrected chi connectivity index (χ2v) is 23.3. The number of alkyl halides is 1. The number of nitrogens with two attached hydrogens (primary N) is 1. The van der Waals surface area contributed by atoms with Crippen molar-refractivity contribution in [1.29, 1.82) is 0 Å². The third-order valence-corrected chi connectivity index (χ3v) is 18.1. The Labute approximate surface area is 221 Å². The molecule has 4 N–H and O–H groups in total. The van der Waals surface area contributed by atoms with Gasteiger partial charge in [0.2, 0.25) is 12.4 Å². The van der Waals surface area contributed by atoms with Gasteiger partial charge in [-0.3, -0.25) is 4.79 Å². The highest BCUT2D eigenvalue weighted by Crippen LogP contribution is 2.67. The standard InChI is InChI=1S/C24H43ClFN5O3Si2/c1-22(2,3)35(7,8)33-12-24-11-14(24)16(15(26)18(24)34-36(9,10)23(4,5)6)29-20-17(28-13-32)19(25)30-21(27)31-20/h13-16,18H,11-12H2,1-10H3,(H,28,32)(H3,27,29,30,31)/t14-,15+,16-,18?,24+/m1/s1. The summed E-state index contributed by atoms with van der Waals surface area (Å²) in [5.74, 6) is 0.113. The third kappa shape index (κ3) is 5.31. The zero-order chi connectivity index (χ0) is 27.5. The SMILES string of the molecule is CC(C)(C)[Si](C)(C)OC[C@@]12C[C@@H]1[C@@H](Nc1nc(N)nc(Cl)c1NC=O)[C@H](F)C2O[Si](C)(C)C(C)(C)C. The maximum Gasteiger partial charge on any atom is 0.223 e. The molecule has 0 spiro atoms. The van der Waals surface area contributed by atoms with Gasteiger partial charge in [-0.05, 0) is 48.6 Å². The highest BCUT2D eigenvalue weighted by Gasteiger charge is 2.73. The van der Waals surface area contributed by atoms with Crippen LogP contribution in [0.4, 0.5) is 21.8 Å². The van der Waals surface area contributed by atoms with Crippen molar-refractivity contribution in [2.75, 3.05) is 23.0 Å². The van der Waals surface area contributed by atoms with E-state index >= 15 is 4.39 Å². The van der Waals surface area contributed by atoms with Crippen LogP contribution < -0.4 is 16.4 Å². The second kappa shape index (κ2) is 9.48. The molecule has 0 radical (unpaired) electrons. The smallest absolute Gasteiger partial charge is 0.223 e. The first-order valence-electron chi connectivity index (χ1n) is 12.5. The van der Waals surface area contributed by atoms with E-state index in [0.717, 1.165) is 6.42 Å². The lowest BCUT2D eigenvalue weighted by Gasteiger charge is -2.43. The Bertz CT molecular complexity index is 1000. The number of nitrogens with one attached hydrogen (secondary N) is 2. The van der Waals surface area contributed by atoms with E-state index in [1.807, 2.05) is 0 Å². The van der Waals surface area contributed by atoms with Gasteiger partial charge in [-0.2, -0.15) is 9.97 Å². The number of aromatic nitrogens is 2. The van der Waals surface area contributed by atoms with Crippen LogP contribution >= 0.6 is 11.6 Å². The molecule has 0 saturated heterocycles. The molecule has 1 aromatic heterocycles. The van der Waals surface area contributed by atoms with Crippen molar-refractivity contribution in [3.05, 3.63) is 5.15 Å². The molecule has 36 heavy (non-hydrogen) atoms. The molecule has 204 valence electrons. The number of amides is 1. The van der Waals surface area contributed by atoms with Crippen LogP contribution in [0, 0.1) is 11.3 Å². The van der Waals surface area contributed by atoms with Gasteiger partial charge in [0, 0.05) is 12.0 Å². The normalized spacial score (nSPS) is 28.6. The van der Waals surface area contributed by atoms with Crippen molar-refractivity contribution < 1.29 is 18.0 Å². The Morgan fingerprint density at radius 1 is 1.14 bits per heavy atom. The maximum atomic E-state index is 16.3. The molecule has 2 fully saturated rings. The summed E-state index contributed by atoms with van der Waals surface area (Å²) in [5.41, 5.74) is 5.55. The van der Waals surface area contributed by atoms with Crippen molar-refractivity contribution in [3.8, 4) is 0 Å². The van der Waals surface area contributed by atoms with Crippen LogP contribution in [-0.2, 0) is 13.6 Å². The van der Waals surface area contributed by atoms with Gasteiger partial charge in [0.1, 0.15) is 11.9 Å². The Kier molecular flexibility index (Phi) is 7.71. The van der Waals surface area contributed by atoms with Crippen LogP contribution in [0.2, 0.25) is 41.4 Å². The number of nitrogens with zero attached hydrogens (tertiary/aromatic N) is 2. The van der Waals surface area contributed by atoms with Crippen LogP contribution in [0.1, 0.15) is 48.0 Å². The summed E-state index contributed by atoms with van der Waals surface area (Å²) in [6.45, 7) is 22.3. The van der Waals surface area contributed by atoms with E-state index in [0.29, 0.717) is 13.0 Å². The van der Waals surface area contributed by atoms with Gasteiger partial charge >= 0.3 is 0 Å². The number of halogens is 2. The molecule has 5 atom stereocenters. The maximum absolute atomic E-state index is 16.3. The Hall–Kier alpha value is -1.28. The summed E-state index contributed by atoms with van der Waals surface area (Å²) in [6.07, 6.45) is -0.655. The predicted octanol–water partition coefficient (Wildman–Crippen LogP) is 5.83. The van der Waals surface area contributed by atoms with E-state index in [-0.39, 0.29) is 38.6 Å². The molecule has 0 aliphatic heterocycles. The van der Waals surface area contributed by atoms with Crippen molar-refractivity contribution in [2.45, 2.75) is 103 Å². The molecule has 1 heterocycles. The Balaban J connectivity index is 1.96. The molecule has 2 saturated carbocycles. The molecule has 1 aromatic rings. The summed E-state index contributed by atoms with van der Waals surface area (Å²) >= 11 is 6.20. The monoisotopic (exact) mass is 559 g/mol. The Morgan fingerprint density at radius 3 is 2.25 bits per heavy atom. The summed E-state index contributed by atoms with van der Waals surface area (Å²) in [7, 11) is -4.35. The average molecular weight is 560 g/mol. The van der Waals surface area contributed by atoms with E-state index < -0.39 is 40.4 Å². The highest BCUT2D eigenvalue weighted by atomic mass is 35.5. The van der Waals surface area contributed by atoms with Crippen LogP contribution in [0.15, 0.2) is 0 Å². The molecular formula is C24H43ClFN5O3Si2. The van der Waals surface area contributed by atoms with E-state index in [1.165, 1.54) is 0 Å². The van der Waals surface area contributed by atoms with Crippen molar-refractivity contribution >= 4 is 52.1 Å². The van der Waals surface area contributed by atoms with Gasteiger partial charge in [0.25, 0.3) is 0 Å². The number of carbonyl (C=O) groups is 1. The number of rotatable bonds is 9. The van der Waals surface area contributed by atoms with Crippen molar-refractivity contribution in [1.82, 2.24) is 9.97 Å². The average Bonchev–Trinajstić information content (AvgIpc) is 3.39. The van der Waals surface area contributed by atoms with Gasteiger partial charge in [-0.25, -0.2) is 4.39 Å². The fourth-order valence-corrected chi connectivity index (χ4v) is 7.07. The minimum Gasteiger partial charge on any atom is -0.416 e. The number of hydrogen-bond donors (Lipinski definition) is 3. The lowest BCUT2D eigenvalue weighted by Crippen LogP contribution is -2.51. The molecule has 1 unspecified atom stereocenters. The first-order chi connectivity index (χ1) is 16.3. The van der Waals surface area contributed by atoms with Crippen LogP contribution in [-0.4, -0.2) is 57.9 Å². The van der Waals surface area contributed by atoms with Crippen LogP contribution in [0.3, 0.4) is 0 Å². The molecule has 8 nitrogen and oxygen atoms in total. The molecule has 2 aliphatic rings. The van der Waals surface area contributed by atoms with E-state index in [9.17, 15) is 4.79 Å². The molecule has 12 heteroatoms. The topological polar surface area (TPSA) is 111 Å². The van der Waals surface area contributed by atoms with Crippen molar-refractivity contribution in [2.24, 2.45) is 11.3 Å². The number of carbonyl (C=O) groups excluding carboxylic acids is 1. The van der Waals surface area contributed by atoms with E-state index in [2.05, 4.69) is 88.3 Å². The fraction of sp³-hybridized carbons (Fsp3) is 0.792. The number of hydrogen-bond acceptors (Lipinski definition) is 7. The second-order valence-electron chi connectivity index (χ2n) is 13.4. The van der Waals surface area contributed by atoms with Crippen LogP contribution in [0.25, 0.3) is 0 Å². The lowest BCUT2D eigenvalue weighted by molar-refractivity contribution is -0.105. The molecule has 2 aliphatic carbocycles. The highest BCUT2D eigenvalue weighted by molar-refractivity contribution is 6.74. The van der Waals surface area contributed by atoms with Gasteiger partial charge in [-0.15, -0.1) is 0 Å². The summed E-state index contributed by atoms with van der Waals surface area (Å²) in [5, 5.41) is 5.67. The van der Waals surface area contributed by atoms with E-state index in [4.69, 9.17) is 26.2 Å².